The maximum Gasteiger partial charge on any atom is 0.0591 e. The molecular formula is C16H30BrN3S. The van der Waals surface area contributed by atoms with E-state index in [2.05, 4.69) is 64.9 Å². The Morgan fingerprint density at radius 1 is 1.19 bits per heavy atom. The van der Waals surface area contributed by atoms with Crippen LogP contribution in [-0.4, -0.2) is 48.6 Å². The second-order valence-electron chi connectivity index (χ2n) is 5.48. The van der Waals surface area contributed by atoms with E-state index in [-0.39, 0.29) is 6.04 Å². The summed E-state index contributed by atoms with van der Waals surface area (Å²) < 4.78 is 1.16. The van der Waals surface area contributed by atoms with Crippen molar-refractivity contribution in [3.63, 3.8) is 0 Å². The average Bonchev–Trinajstić information content (AvgIpc) is 2.87. The predicted octanol–water partition coefficient (Wildman–Crippen LogP) is 3.95. The molecule has 2 atom stereocenters. The zero-order chi connectivity index (χ0) is 15.8. The summed E-state index contributed by atoms with van der Waals surface area (Å²) in [6.07, 6.45) is 1.20. The maximum absolute atomic E-state index is 6.28. The fourth-order valence-electron chi connectivity index (χ4n) is 2.79. The van der Waals surface area contributed by atoms with Gasteiger partial charge < -0.3 is 10.6 Å². The molecule has 0 spiro atoms. The van der Waals surface area contributed by atoms with Gasteiger partial charge in [-0.2, -0.15) is 0 Å². The third-order valence-corrected chi connectivity index (χ3v) is 5.76. The first-order chi connectivity index (χ1) is 10.0. The van der Waals surface area contributed by atoms with Gasteiger partial charge in [-0.05, 0) is 61.5 Å². The lowest BCUT2D eigenvalue weighted by Crippen LogP contribution is -2.40. The molecule has 122 valence electrons. The maximum atomic E-state index is 6.28. The molecule has 0 fully saturated rings. The van der Waals surface area contributed by atoms with Crippen LogP contribution < -0.4 is 5.73 Å². The van der Waals surface area contributed by atoms with Crippen LogP contribution in [0.5, 0.6) is 0 Å². The minimum absolute atomic E-state index is 0.143. The standard InChI is InChI=1S/C16H30BrN3S/c1-5-19(6-2)9-8-10-20(7-3)16(13(4)18)15-11-14(17)12-21-15/h11-13,16H,5-10,18H2,1-4H3. The Labute approximate surface area is 142 Å². The molecule has 0 bridgehead atoms. The summed E-state index contributed by atoms with van der Waals surface area (Å²) in [5.74, 6) is 0. The van der Waals surface area contributed by atoms with Gasteiger partial charge in [0.2, 0.25) is 0 Å². The number of hydrogen-bond acceptors (Lipinski definition) is 4. The highest BCUT2D eigenvalue weighted by Gasteiger charge is 2.24. The number of nitrogens with two attached hydrogens (primary N) is 1. The fourth-order valence-corrected chi connectivity index (χ4v) is 4.48. The van der Waals surface area contributed by atoms with Crippen LogP contribution in [0.2, 0.25) is 0 Å². The number of hydrogen-bond donors (Lipinski definition) is 1. The van der Waals surface area contributed by atoms with Crippen molar-refractivity contribution >= 4 is 27.3 Å². The molecule has 0 aliphatic rings. The van der Waals surface area contributed by atoms with E-state index >= 15 is 0 Å². The van der Waals surface area contributed by atoms with Gasteiger partial charge >= 0.3 is 0 Å². The van der Waals surface area contributed by atoms with Crippen molar-refractivity contribution in [2.75, 3.05) is 32.7 Å². The van der Waals surface area contributed by atoms with E-state index in [9.17, 15) is 0 Å². The lowest BCUT2D eigenvalue weighted by molar-refractivity contribution is 0.174. The molecule has 0 aliphatic carbocycles. The quantitative estimate of drug-likeness (QED) is 0.671. The third kappa shape index (κ3) is 5.99. The normalized spacial score (nSPS) is 14.9. The Kier molecular flexibility index (Phi) is 9.06. The Morgan fingerprint density at radius 2 is 1.86 bits per heavy atom. The minimum Gasteiger partial charge on any atom is -0.326 e. The molecule has 0 amide bonds. The average molecular weight is 376 g/mol. The van der Waals surface area contributed by atoms with Gasteiger partial charge in [0.1, 0.15) is 0 Å². The lowest BCUT2D eigenvalue weighted by Gasteiger charge is -2.33. The van der Waals surface area contributed by atoms with E-state index in [1.165, 1.54) is 17.8 Å². The highest BCUT2D eigenvalue weighted by molar-refractivity contribution is 9.10. The van der Waals surface area contributed by atoms with Crippen LogP contribution in [-0.2, 0) is 0 Å². The first-order valence-electron chi connectivity index (χ1n) is 7.99. The molecule has 5 heteroatoms. The van der Waals surface area contributed by atoms with E-state index in [0.29, 0.717) is 6.04 Å². The van der Waals surface area contributed by atoms with Gasteiger partial charge in [0.05, 0.1) is 6.04 Å². The SMILES string of the molecule is CCN(CC)CCCN(CC)C(c1cc(Br)cs1)C(C)N. The Morgan fingerprint density at radius 3 is 2.29 bits per heavy atom. The van der Waals surface area contributed by atoms with Gasteiger partial charge in [-0.1, -0.05) is 20.8 Å². The molecular weight excluding hydrogens is 346 g/mol. The van der Waals surface area contributed by atoms with Gasteiger partial charge in [0.25, 0.3) is 0 Å². The molecule has 2 N–H and O–H groups in total. The minimum atomic E-state index is 0.143. The summed E-state index contributed by atoms with van der Waals surface area (Å²) in [7, 11) is 0. The summed E-state index contributed by atoms with van der Waals surface area (Å²) in [4.78, 5) is 6.37. The van der Waals surface area contributed by atoms with Crippen LogP contribution in [0.15, 0.2) is 15.9 Å². The molecule has 1 rings (SSSR count). The van der Waals surface area contributed by atoms with Crippen LogP contribution in [0, 0.1) is 0 Å². The zero-order valence-corrected chi connectivity index (χ0v) is 16.2. The van der Waals surface area contributed by atoms with Crippen molar-refractivity contribution in [1.29, 1.82) is 0 Å². The molecule has 1 heterocycles. The van der Waals surface area contributed by atoms with Crippen LogP contribution in [0.3, 0.4) is 0 Å². The van der Waals surface area contributed by atoms with Crippen molar-refractivity contribution in [1.82, 2.24) is 9.80 Å². The smallest absolute Gasteiger partial charge is 0.0591 e. The molecule has 0 radical (unpaired) electrons. The molecule has 0 saturated carbocycles. The van der Waals surface area contributed by atoms with Crippen molar-refractivity contribution in [3.05, 3.63) is 20.8 Å². The Bertz CT molecular complexity index is 391. The highest BCUT2D eigenvalue weighted by atomic mass is 79.9. The Hall–Kier alpha value is 0.0600. The van der Waals surface area contributed by atoms with Crippen LogP contribution in [0.25, 0.3) is 0 Å². The van der Waals surface area contributed by atoms with Crippen molar-refractivity contribution in [2.45, 2.75) is 46.2 Å². The van der Waals surface area contributed by atoms with Crippen molar-refractivity contribution in [3.8, 4) is 0 Å². The summed E-state index contributed by atoms with van der Waals surface area (Å²) in [5.41, 5.74) is 6.28. The number of nitrogens with zero attached hydrogens (tertiary/aromatic N) is 2. The zero-order valence-electron chi connectivity index (χ0n) is 13.8. The molecule has 0 aliphatic heterocycles. The molecule has 0 aromatic carbocycles. The summed E-state index contributed by atoms with van der Waals surface area (Å²) >= 11 is 5.35. The number of likely N-dealkylation sites (N-methyl/N-ethyl adjacent to an activating group) is 1. The predicted molar refractivity (Wildman–Crippen MR) is 98.1 cm³/mol. The number of halogens is 1. The van der Waals surface area contributed by atoms with Crippen molar-refractivity contribution in [2.24, 2.45) is 5.73 Å². The van der Waals surface area contributed by atoms with E-state index < -0.39 is 0 Å². The molecule has 21 heavy (non-hydrogen) atoms. The van der Waals surface area contributed by atoms with E-state index in [0.717, 1.165) is 30.7 Å². The second kappa shape index (κ2) is 9.95. The van der Waals surface area contributed by atoms with E-state index in [4.69, 9.17) is 5.73 Å². The lowest BCUT2D eigenvalue weighted by atomic mass is 10.1. The van der Waals surface area contributed by atoms with E-state index in [1.807, 2.05) is 0 Å². The first kappa shape index (κ1) is 19.1. The Balaban J connectivity index is 2.66. The molecule has 1 aromatic rings. The number of rotatable bonds is 10. The van der Waals surface area contributed by atoms with Crippen molar-refractivity contribution < 1.29 is 0 Å². The van der Waals surface area contributed by atoms with Crippen LogP contribution in [0.1, 0.15) is 45.0 Å². The van der Waals surface area contributed by atoms with Gasteiger partial charge in [-0.3, -0.25) is 4.90 Å². The van der Waals surface area contributed by atoms with Gasteiger partial charge in [-0.15, -0.1) is 11.3 Å². The van der Waals surface area contributed by atoms with Crippen LogP contribution in [0.4, 0.5) is 0 Å². The summed E-state index contributed by atoms with van der Waals surface area (Å²) in [5, 5.41) is 2.15. The van der Waals surface area contributed by atoms with Gasteiger partial charge in [-0.25, -0.2) is 0 Å². The third-order valence-electron chi connectivity index (χ3n) is 3.99. The highest BCUT2D eigenvalue weighted by Crippen LogP contribution is 2.31. The van der Waals surface area contributed by atoms with Gasteiger partial charge in [0, 0.05) is 27.3 Å². The topological polar surface area (TPSA) is 32.5 Å². The molecule has 3 nitrogen and oxygen atoms in total. The fraction of sp³-hybridized carbons (Fsp3) is 0.750. The summed E-state index contributed by atoms with van der Waals surface area (Å²) in [6.45, 7) is 14.4. The number of thiophene rings is 1. The van der Waals surface area contributed by atoms with E-state index in [1.54, 1.807) is 11.3 Å². The monoisotopic (exact) mass is 375 g/mol. The largest absolute Gasteiger partial charge is 0.326 e. The molecule has 2 unspecified atom stereocenters. The summed E-state index contributed by atoms with van der Waals surface area (Å²) in [6, 6.07) is 2.68. The molecule has 1 aromatic heterocycles. The molecule has 0 saturated heterocycles. The second-order valence-corrected chi connectivity index (χ2v) is 7.34. The van der Waals surface area contributed by atoms with Gasteiger partial charge in [0.15, 0.2) is 0 Å². The van der Waals surface area contributed by atoms with Crippen LogP contribution >= 0.6 is 27.3 Å². The first-order valence-corrected chi connectivity index (χ1v) is 9.66.